The molecule has 0 amide bonds. The highest BCUT2D eigenvalue weighted by atomic mass is 32.2. The number of rotatable bonds is 8. The molecule has 168 valence electrons. The van der Waals surface area contributed by atoms with Crippen LogP contribution >= 0.6 is 11.8 Å². The van der Waals surface area contributed by atoms with Gasteiger partial charge in [0.25, 0.3) is 0 Å². The maximum atomic E-state index is 9.90. The lowest BCUT2D eigenvalue weighted by molar-refractivity contribution is 0.360. The van der Waals surface area contributed by atoms with Gasteiger partial charge in [0.15, 0.2) is 0 Å². The van der Waals surface area contributed by atoms with Crippen LogP contribution < -0.4 is 15.5 Å². The molecule has 2 N–H and O–H groups in total. The van der Waals surface area contributed by atoms with Crippen molar-refractivity contribution in [1.82, 2.24) is 15.2 Å². The van der Waals surface area contributed by atoms with Crippen molar-refractivity contribution in [3.8, 4) is 12.1 Å². The molecule has 2 aromatic rings. The van der Waals surface area contributed by atoms with Gasteiger partial charge in [-0.05, 0) is 37.7 Å². The number of aromatic nitrogens is 1. The third kappa shape index (κ3) is 5.72. The lowest BCUT2D eigenvalue weighted by atomic mass is 10.1. The molecule has 0 atom stereocenters. The standard InChI is InChI=1S/C24H31N7S/c1-4-28-16-18-6-8-19(9-7-18)17-32-24-21(15-26)22(27-2)20(14-25)23(29-24)31-11-5-10-30(3)12-13-31/h6-9,28H,4-5,10-13,16-17H2,1-3H3,(H,27,29). The second-order valence-electron chi connectivity index (χ2n) is 7.87. The van der Waals surface area contributed by atoms with E-state index in [2.05, 4.69) is 70.8 Å². The fourth-order valence-corrected chi connectivity index (χ4v) is 4.72. The number of likely N-dealkylation sites (N-methyl/N-ethyl adjacent to an activating group) is 1. The number of hydrogen-bond donors (Lipinski definition) is 2. The van der Waals surface area contributed by atoms with Gasteiger partial charge >= 0.3 is 0 Å². The predicted molar refractivity (Wildman–Crippen MR) is 131 cm³/mol. The average molecular weight is 450 g/mol. The minimum absolute atomic E-state index is 0.438. The molecule has 1 saturated heterocycles. The minimum Gasteiger partial charge on any atom is -0.386 e. The van der Waals surface area contributed by atoms with Gasteiger partial charge in [-0.25, -0.2) is 4.98 Å². The molecule has 3 rings (SSSR count). The van der Waals surface area contributed by atoms with Gasteiger partial charge in [-0.1, -0.05) is 31.2 Å². The van der Waals surface area contributed by atoms with Crippen molar-refractivity contribution >= 4 is 23.3 Å². The molecule has 1 aliphatic heterocycles. The average Bonchev–Trinajstić information content (AvgIpc) is 3.05. The van der Waals surface area contributed by atoms with Gasteiger partial charge in [-0.15, -0.1) is 11.8 Å². The summed E-state index contributed by atoms with van der Waals surface area (Å²) in [5, 5.41) is 26.9. The van der Waals surface area contributed by atoms with Crippen molar-refractivity contribution in [3.63, 3.8) is 0 Å². The van der Waals surface area contributed by atoms with E-state index in [9.17, 15) is 10.5 Å². The largest absolute Gasteiger partial charge is 0.386 e. The number of nitriles is 2. The summed E-state index contributed by atoms with van der Waals surface area (Å²) in [6, 6.07) is 13.1. The zero-order chi connectivity index (χ0) is 22.9. The van der Waals surface area contributed by atoms with Gasteiger partial charge in [-0.2, -0.15) is 10.5 Å². The molecule has 7 nitrogen and oxygen atoms in total. The van der Waals surface area contributed by atoms with Crippen molar-refractivity contribution in [2.75, 3.05) is 57.0 Å². The van der Waals surface area contributed by atoms with Gasteiger partial charge in [-0.3, -0.25) is 0 Å². The van der Waals surface area contributed by atoms with Gasteiger partial charge < -0.3 is 20.4 Å². The fraction of sp³-hybridized carbons (Fsp3) is 0.458. The predicted octanol–water partition coefficient (Wildman–Crippen LogP) is 3.41. The number of anilines is 2. The first-order valence-electron chi connectivity index (χ1n) is 11.0. The second kappa shape index (κ2) is 11.7. The molecule has 32 heavy (non-hydrogen) atoms. The number of pyridine rings is 1. The Kier molecular flexibility index (Phi) is 8.75. The Hall–Kier alpha value is -2.78. The summed E-state index contributed by atoms with van der Waals surface area (Å²) in [7, 11) is 3.87. The molecule has 1 aliphatic rings. The van der Waals surface area contributed by atoms with Gasteiger partial charge in [0.1, 0.15) is 34.1 Å². The van der Waals surface area contributed by atoms with Crippen LogP contribution in [0.5, 0.6) is 0 Å². The summed E-state index contributed by atoms with van der Waals surface area (Å²) >= 11 is 1.55. The molecule has 0 aliphatic carbocycles. The van der Waals surface area contributed by atoms with Crippen molar-refractivity contribution in [3.05, 3.63) is 46.5 Å². The molecule has 0 saturated carbocycles. The summed E-state index contributed by atoms with van der Waals surface area (Å²) in [6.07, 6.45) is 1.01. The van der Waals surface area contributed by atoms with Crippen LogP contribution in [-0.2, 0) is 12.3 Å². The number of hydrogen-bond acceptors (Lipinski definition) is 8. The molecule has 8 heteroatoms. The van der Waals surface area contributed by atoms with Gasteiger partial charge in [0.2, 0.25) is 0 Å². The van der Waals surface area contributed by atoms with E-state index < -0.39 is 0 Å². The van der Waals surface area contributed by atoms with Crippen LogP contribution in [0.2, 0.25) is 0 Å². The Morgan fingerprint density at radius 1 is 1.03 bits per heavy atom. The SMILES string of the molecule is CCNCc1ccc(CSc2nc(N3CCCN(C)CC3)c(C#N)c(NC)c2C#N)cc1. The van der Waals surface area contributed by atoms with Crippen LogP contribution in [0.4, 0.5) is 11.5 Å². The lowest BCUT2D eigenvalue weighted by Crippen LogP contribution is -2.30. The summed E-state index contributed by atoms with van der Waals surface area (Å²) in [4.78, 5) is 9.34. The van der Waals surface area contributed by atoms with Gasteiger partial charge in [0, 0.05) is 39.0 Å². The maximum absolute atomic E-state index is 9.90. The third-order valence-electron chi connectivity index (χ3n) is 5.62. The lowest BCUT2D eigenvalue weighted by Gasteiger charge is -2.25. The second-order valence-corrected chi connectivity index (χ2v) is 8.83. The van der Waals surface area contributed by atoms with Crippen molar-refractivity contribution in [2.45, 2.75) is 30.7 Å². The van der Waals surface area contributed by atoms with E-state index in [0.29, 0.717) is 33.4 Å². The van der Waals surface area contributed by atoms with Crippen molar-refractivity contribution in [2.24, 2.45) is 0 Å². The zero-order valence-corrected chi connectivity index (χ0v) is 19.9. The Labute approximate surface area is 195 Å². The molecule has 1 aromatic heterocycles. The molecule has 0 spiro atoms. The fourth-order valence-electron chi connectivity index (χ4n) is 3.78. The Morgan fingerprint density at radius 2 is 1.75 bits per heavy atom. The topological polar surface area (TPSA) is 91.0 Å². The first kappa shape index (κ1) is 23.9. The molecule has 1 fully saturated rings. The summed E-state index contributed by atoms with van der Waals surface area (Å²) in [5.41, 5.74) is 3.88. The Bertz CT molecular complexity index is 991. The van der Waals surface area contributed by atoms with E-state index in [-0.39, 0.29) is 0 Å². The number of nitrogens with zero attached hydrogens (tertiary/aromatic N) is 5. The van der Waals surface area contributed by atoms with Crippen molar-refractivity contribution < 1.29 is 0 Å². The van der Waals surface area contributed by atoms with E-state index in [4.69, 9.17) is 4.98 Å². The van der Waals surface area contributed by atoms with Gasteiger partial charge in [0.05, 0.1) is 5.69 Å². The molecule has 0 unspecified atom stereocenters. The molecule has 0 bridgehead atoms. The summed E-state index contributed by atoms with van der Waals surface area (Å²) < 4.78 is 0. The highest BCUT2D eigenvalue weighted by molar-refractivity contribution is 7.98. The first-order valence-corrected chi connectivity index (χ1v) is 12.0. The zero-order valence-electron chi connectivity index (χ0n) is 19.1. The molecule has 1 aromatic carbocycles. The summed E-state index contributed by atoms with van der Waals surface area (Å²) in [6.45, 7) is 7.51. The Morgan fingerprint density at radius 3 is 2.41 bits per heavy atom. The van der Waals surface area contributed by atoms with E-state index >= 15 is 0 Å². The summed E-state index contributed by atoms with van der Waals surface area (Å²) in [5.74, 6) is 1.38. The van der Waals surface area contributed by atoms with E-state index in [1.165, 1.54) is 11.1 Å². The molecule has 0 radical (unpaired) electrons. The highest BCUT2D eigenvalue weighted by Gasteiger charge is 2.24. The van der Waals surface area contributed by atoms with E-state index in [1.54, 1.807) is 18.8 Å². The third-order valence-corrected chi connectivity index (χ3v) is 6.66. The Balaban J connectivity index is 1.89. The normalized spacial score (nSPS) is 14.5. The maximum Gasteiger partial charge on any atom is 0.150 e. The first-order chi connectivity index (χ1) is 15.6. The number of benzene rings is 1. The van der Waals surface area contributed by atoms with E-state index in [0.717, 1.165) is 45.7 Å². The van der Waals surface area contributed by atoms with Crippen molar-refractivity contribution in [1.29, 1.82) is 10.5 Å². The minimum atomic E-state index is 0.438. The number of nitrogens with one attached hydrogen (secondary N) is 2. The number of thioether (sulfide) groups is 1. The van der Waals surface area contributed by atoms with Crippen LogP contribution in [0.3, 0.4) is 0 Å². The van der Waals surface area contributed by atoms with Crippen LogP contribution in [0.1, 0.15) is 35.6 Å². The molecular formula is C24H31N7S. The van der Waals surface area contributed by atoms with Crippen LogP contribution in [0.25, 0.3) is 0 Å². The molecular weight excluding hydrogens is 418 g/mol. The highest BCUT2D eigenvalue weighted by Crippen LogP contribution is 2.36. The monoisotopic (exact) mass is 449 g/mol. The van der Waals surface area contributed by atoms with Crippen LogP contribution in [-0.4, -0.2) is 56.7 Å². The van der Waals surface area contributed by atoms with Crippen LogP contribution in [0, 0.1) is 22.7 Å². The smallest absolute Gasteiger partial charge is 0.150 e. The van der Waals surface area contributed by atoms with Crippen LogP contribution in [0.15, 0.2) is 29.3 Å². The molecule has 2 heterocycles. The quantitative estimate of drug-likeness (QED) is 0.593. The van der Waals surface area contributed by atoms with E-state index in [1.807, 2.05) is 0 Å².